The molecule has 2 heteroatoms. The van der Waals surface area contributed by atoms with E-state index in [1.54, 1.807) is 0 Å². The van der Waals surface area contributed by atoms with E-state index in [1.165, 1.54) is 37.1 Å². The van der Waals surface area contributed by atoms with Crippen LogP contribution in [0.25, 0.3) is 0 Å². The molecule has 2 fully saturated rings. The fraction of sp³-hybridized carbons (Fsp3) is 0.647. The highest BCUT2D eigenvalue weighted by Crippen LogP contribution is 2.40. The van der Waals surface area contributed by atoms with Gasteiger partial charge in [-0.3, -0.25) is 0 Å². The zero-order chi connectivity index (χ0) is 13.5. The van der Waals surface area contributed by atoms with Gasteiger partial charge in [-0.05, 0) is 63.6 Å². The van der Waals surface area contributed by atoms with Gasteiger partial charge in [0.25, 0.3) is 0 Å². The summed E-state index contributed by atoms with van der Waals surface area (Å²) in [5, 5.41) is 3.54. The summed E-state index contributed by atoms with van der Waals surface area (Å²) < 4.78 is 0. The normalized spacial score (nSPS) is 26.2. The zero-order valence-electron chi connectivity index (χ0n) is 12.4. The number of hydrogen-bond donors (Lipinski definition) is 1. The first-order valence-electron chi connectivity index (χ1n) is 7.62. The van der Waals surface area contributed by atoms with Gasteiger partial charge in [0.2, 0.25) is 0 Å². The quantitative estimate of drug-likeness (QED) is 0.891. The largest absolute Gasteiger partial charge is 0.368 e. The molecule has 0 spiro atoms. The van der Waals surface area contributed by atoms with Gasteiger partial charge in [0.1, 0.15) is 0 Å². The molecule has 1 N–H and O–H groups in total. The van der Waals surface area contributed by atoms with Crippen molar-refractivity contribution in [3.63, 3.8) is 0 Å². The third-order valence-electron chi connectivity index (χ3n) is 4.50. The van der Waals surface area contributed by atoms with Gasteiger partial charge < -0.3 is 10.2 Å². The van der Waals surface area contributed by atoms with Crippen LogP contribution in [0.5, 0.6) is 0 Å². The number of anilines is 1. The van der Waals surface area contributed by atoms with Crippen molar-refractivity contribution in [2.45, 2.75) is 58.2 Å². The van der Waals surface area contributed by atoms with Crippen molar-refractivity contribution in [2.24, 2.45) is 5.92 Å². The molecule has 3 rings (SSSR count). The van der Waals surface area contributed by atoms with Gasteiger partial charge in [0.05, 0.1) is 0 Å². The summed E-state index contributed by atoms with van der Waals surface area (Å²) in [6, 6.07) is 9.99. The molecule has 1 aliphatic carbocycles. The first-order valence-corrected chi connectivity index (χ1v) is 7.62. The summed E-state index contributed by atoms with van der Waals surface area (Å²) in [5.74, 6) is 0.965. The molecule has 2 nitrogen and oxygen atoms in total. The van der Waals surface area contributed by atoms with Gasteiger partial charge in [-0.15, -0.1) is 0 Å². The van der Waals surface area contributed by atoms with E-state index < -0.39 is 0 Å². The number of fused-ring (bicyclic) bond motifs is 2. The summed E-state index contributed by atoms with van der Waals surface area (Å²) >= 11 is 0. The Labute approximate surface area is 117 Å². The predicted molar refractivity (Wildman–Crippen MR) is 81.5 cm³/mol. The van der Waals surface area contributed by atoms with Crippen LogP contribution in [0.2, 0.25) is 0 Å². The predicted octanol–water partition coefficient (Wildman–Crippen LogP) is 3.56. The van der Waals surface area contributed by atoms with Crippen LogP contribution in [-0.2, 0) is 6.54 Å². The van der Waals surface area contributed by atoms with E-state index in [0.717, 1.165) is 18.5 Å². The molecule has 1 aromatic carbocycles. The molecule has 1 aromatic rings. The summed E-state index contributed by atoms with van der Waals surface area (Å²) in [6.07, 6.45) is 4.28. The van der Waals surface area contributed by atoms with Crippen LogP contribution < -0.4 is 10.2 Å². The SMILES string of the molecule is CC(C)(C)NCc1ccc(N2CC3CCC2C3)cc1. The molecule has 1 saturated heterocycles. The van der Waals surface area contributed by atoms with Crippen molar-refractivity contribution < 1.29 is 0 Å². The van der Waals surface area contributed by atoms with E-state index >= 15 is 0 Å². The second-order valence-electron chi connectivity index (χ2n) is 7.26. The van der Waals surface area contributed by atoms with Crippen molar-refractivity contribution in [1.29, 1.82) is 0 Å². The highest BCUT2D eigenvalue weighted by atomic mass is 15.2. The maximum absolute atomic E-state index is 3.54. The smallest absolute Gasteiger partial charge is 0.0369 e. The molecular formula is C17H26N2. The van der Waals surface area contributed by atoms with Crippen LogP contribution in [-0.4, -0.2) is 18.1 Å². The van der Waals surface area contributed by atoms with E-state index in [9.17, 15) is 0 Å². The summed E-state index contributed by atoms with van der Waals surface area (Å²) in [6.45, 7) is 8.87. The third-order valence-corrected chi connectivity index (χ3v) is 4.50. The molecule has 104 valence electrons. The average Bonchev–Trinajstić information content (AvgIpc) is 2.98. The lowest BCUT2D eigenvalue weighted by Gasteiger charge is -2.29. The first-order chi connectivity index (χ1) is 9.01. The lowest BCUT2D eigenvalue weighted by molar-refractivity contribution is 0.424. The summed E-state index contributed by atoms with van der Waals surface area (Å²) in [7, 11) is 0. The van der Waals surface area contributed by atoms with Crippen molar-refractivity contribution in [2.75, 3.05) is 11.4 Å². The van der Waals surface area contributed by atoms with Crippen molar-refractivity contribution in [1.82, 2.24) is 5.32 Å². The second kappa shape index (κ2) is 4.82. The Morgan fingerprint density at radius 3 is 2.42 bits per heavy atom. The second-order valence-corrected chi connectivity index (χ2v) is 7.26. The Kier molecular flexibility index (Phi) is 3.30. The highest BCUT2D eigenvalue weighted by Gasteiger charge is 2.37. The van der Waals surface area contributed by atoms with Crippen molar-refractivity contribution in [3.05, 3.63) is 29.8 Å². The Balaban J connectivity index is 1.63. The van der Waals surface area contributed by atoms with Gasteiger partial charge in [-0.1, -0.05) is 12.1 Å². The topological polar surface area (TPSA) is 15.3 Å². The average molecular weight is 258 g/mol. The minimum atomic E-state index is 0.187. The summed E-state index contributed by atoms with van der Waals surface area (Å²) in [5.41, 5.74) is 2.99. The van der Waals surface area contributed by atoms with E-state index in [2.05, 4.69) is 55.3 Å². The van der Waals surface area contributed by atoms with E-state index in [0.29, 0.717) is 0 Å². The number of hydrogen-bond acceptors (Lipinski definition) is 2. The monoisotopic (exact) mass is 258 g/mol. The molecule has 1 saturated carbocycles. The molecule has 19 heavy (non-hydrogen) atoms. The zero-order valence-corrected chi connectivity index (χ0v) is 12.4. The molecule has 0 radical (unpaired) electrons. The van der Waals surface area contributed by atoms with Crippen LogP contribution in [0.3, 0.4) is 0 Å². The minimum Gasteiger partial charge on any atom is -0.368 e. The third kappa shape index (κ3) is 2.94. The van der Waals surface area contributed by atoms with E-state index in [4.69, 9.17) is 0 Å². The van der Waals surface area contributed by atoms with Crippen LogP contribution >= 0.6 is 0 Å². The van der Waals surface area contributed by atoms with Gasteiger partial charge in [-0.25, -0.2) is 0 Å². The lowest BCUT2D eigenvalue weighted by atomic mass is 10.1. The molecule has 0 amide bonds. The number of nitrogens with zero attached hydrogens (tertiary/aromatic N) is 1. The number of benzene rings is 1. The van der Waals surface area contributed by atoms with Crippen LogP contribution in [0.15, 0.2) is 24.3 Å². The molecule has 1 aliphatic heterocycles. The van der Waals surface area contributed by atoms with E-state index in [1.807, 2.05) is 0 Å². The fourth-order valence-electron chi connectivity index (χ4n) is 3.41. The fourth-order valence-corrected chi connectivity index (χ4v) is 3.41. The van der Waals surface area contributed by atoms with Gasteiger partial charge in [0, 0.05) is 30.4 Å². The first kappa shape index (κ1) is 13.0. The van der Waals surface area contributed by atoms with Crippen LogP contribution in [0, 0.1) is 5.92 Å². The number of rotatable bonds is 3. The highest BCUT2D eigenvalue weighted by molar-refractivity contribution is 5.50. The molecule has 2 aliphatic rings. The molecule has 2 unspecified atom stereocenters. The molecule has 0 aromatic heterocycles. The Bertz CT molecular complexity index is 430. The molecular weight excluding hydrogens is 232 g/mol. The molecule has 1 heterocycles. The van der Waals surface area contributed by atoms with Gasteiger partial charge in [0.15, 0.2) is 0 Å². The van der Waals surface area contributed by atoms with Crippen LogP contribution in [0.4, 0.5) is 5.69 Å². The number of piperidine rings is 1. The van der Waals surface area contributed by atoms with Crippen molar-refractivity contribution in [3.8, 4) is 0 Å². The Hall–Kier alpha value is -1.02. The molecule has 2 bridgehead atoms. The summed E-state index contributed by atoms with van der Waals surface area (Å²) in [4.78, 5) is 2.62. The van der Waals surface area contributed by atoms with Gasteiger partial charge >= 0.3 is 0 Å². The van der Waals surface area contributed by atoms with Gasteiger partial charge in [-0.2, -0.15) is 0 Å². The molecule has 2 atom stereocenters. The lowest BCUT2D eigenvalue weighted by Crippen LogP contribution is -2.35. The van der Waals surface area contributed by atoms with Crippen molar-refractivity contribution >= 4 is 5.69 Å². The Morgan fingerprint density at radius 1 is 1.16 bits per heavy atom. The Morgan fingerprint density at radius 2 is 1.89 bits per heavy atom. The standard InChI is InChI=1S/C17H26N2/c1-17(2,3)18-11-13-4-7-15(8-5-13)19-12-14-6-9-16(19)10-14/h4-5,7-8,14,16,18H,6,9-12H2,1-3H3. The minimum absolute atomic E-state index is 0.187. The van der Waals surface area contributed by atoms with E-state index in [-0.39, 0.29) is 5.54 Å². The van der Waals surface area contributed by atoms with Crippen LogP contribution in [0.1, 0.15) is 45.6 Å². The number of nitrogens with one attached hydrogen (secondary N) is 1. The maximum Gasteiger partial charge on any atom is 0.0369 e. The maximum atomic E-state index is 3.54.